The highest BCUT2D eigenvalue weighted by molar-refractivity contribution is 5.88. The Hall–Kier alpha value is -2.39. The second-order valence-corrected chi connectivity index (χ2v) is 4.05. The maximum absolute atomic E-state index is 8.57. The highest BCUT2D eigenvalue weighted by atomic mass is 15.5. The Kier molecular flexibility index (Phi) is 2.67. The molecule has 6 heteroatoms. The molecule has 0 bridgehead atoms. The molecule has 0 spiro atoms. The minimum absolute atomic E-state index is 0.500. The average molecular weight is 240 g/mol. The molecule has 0 radical (unpaired) electrons. The summed E-state index contributed by atoms with van der Waals surface area (Å²) >= 11 is 0. The zero-order valence-electron chi connectivity index (χ0n) is 9.72. The summed E-state index contributed by atoms with van der Waals surface area (Å²) in [6.07, 6.45) is 5.93. The highest BCUT2D eigenvalue weighted by Crippen LogP contribution is 2.23. The van der Waals surface area contributed by atoms with Gasteiger partial charge in [0.1, 0.15) is 12.0 Å². The molecule has 2 aromatic rings. The van der Waals surface area contributed by atoms with Gasteiger partial charge in [0.2, 0.25) is 0 Å². The first kappa shape index (κ1) is 10.7. The first-order valence-electron chi connectivity index (χ1n) is 5.75. The van der Waals surface area contributed by atoms with E-state index in [0.717, 1.165) is 28.8 Å². The Morgan fingerprint density at radius 3 is 3.28 bits per heavy atom. The van der Waals surface area contributed by atoms with E-state index in [9.17, 15) is 0 Å². The lowest BCUT2D eigenvalue weighted by Gasteiger charge is -2.12. The summed E-state index contributed by atoms with van der Waals surface area (Å²) < 4.78 is 0. The van der Waals surface area contributed by atoms with Crippen molar-refractivity contribution < 1.29 is 0 Å². The van der Waals surface area contributed by atoms with E-state index in [2.05, 4.69) is 26.4 Å². The number of hydrazine groups is 1. The maximum atomic E-state index is 8.57. The number of nitrogens with zero attached hydrogens (tertiary/aromatic N) is 4. The smallest absolute Gasteiger partial charge is 0.141 e. The van der Waals surface area contributed by atoms with Crippen LogP contribution >= 0.6 is 0 Å². The lowest BCUT2D eigenvalue weighted by Crippen LogP contribution is -2.29. The maximum Gasteiger partial charge on any atom is 0.141 e. The van der Waals surface area contributed by atoms with Gasteiger partial charge in [-0.2, -0.15) is 5.26 Å². The second kappa shape index (κ2) is 4.47. The fourth-order valence-corrected chi connectivity index (χ4v) is 2.05. The van der Waals surface area contributed by atoms with Gasteiger partial charge in [0, 0.05) is 36.4 Å². The van der Waals surface area contributed by atoms with Crippen LogP contribution in [0.4, 0.5) is 0 Å². The van der Waals surface area contributed by atoms with Crippen LogP contribution < -0.4 is 5.43 Å². The molecule has 0 saturated carbocycles. The zero-order valence-corrected chi connectivity index (χ0v) is 9.72. The molecule has 3 rings (SSSR count). The van der Waals surface area contributed by atoms with Crippen molar-refractivity contribution >= 4 is 16.6 Å². The van der Waals surface area contributed by atoms with Crippen LogP contribution in [-0.4, -0.2) is 33.1 Å². The highest BCUT2D eigenvalue weighted by Gasteiger charge is 2.16. The lowest BCUT2D eigenvalue weighted by atomic mass is 10.1. The number of fused-ring (bicyclic) bond motifs is 1. The van der Waals surface area contributed by atoms with Gasteiger partial charge in [-0.15, -0.1) is 0 Å². The molecule has 90 valence electrons. The van der Waals surface area contributed by atoms with Gasteiger partial charge < -0.3 is 9.99 Å². The molecule has 0 aromatic carbocycles. The van der Waals surface area contributed by atoms with Gasteiger partial charge >= 0.3 is 0 Å². The Labute approximate surface area is 104 Å². The molecule has 0 amide bonds. The molecule has 0 aliphatic carbocycles. The van der Waals surface area contributed by atoms with Crippen LogP contribution in [0.15, 0.2) is 24.8 Å². The van der Waals surface area contributed by atoms with E-state index in [0.29, 0.717) is 13.0 Å². The first-order valence-corrected chi connectivity index (χ1v) is 5.75. The second-order valence-electron chi connectivity index (χ2n) is 4.05. The van der Waals surface area contributed by atoms with Crippen LogP contribution in [0.25, 0.3) is 16.6 Å². The Balaban J connectivity index is 1.92. The topological polar surface area (TPSA) is 80.6 Å². The number of nitrogens with one attached hydrogen (secondary N) is 2. The predicted octanol–water partition coefficient (Wildman–Crippen LogP) is 1.03. The molecule has 0 fully saturated rings. The number of nitriles is 1. The quantitative estimate of drug-likeness (QED) is 0.837. The van der Waals surface area contributed by atoms with Crippen molar-refractivity contribution in [3.05, 3.63) is 30.5 Å². The molecule has 3 heterocycles. The van der Waals surface area contributed by atoms with Crippen LogP contribution in [-0.2, 0) is 0 Å². The molecule has 0 atom stereocenters. The first-order chi connectivity index (χ1) is 8.88. The van der Waals surface area contributed by atoms with E-state index < -0.39 is 0 Å². The fourth-order valence-electron chi connectivity index (χ4n) is 2.05. The standard InChI is InChI=1S/C12H12N6/c13-3-1-5-18-7-9(6-17-18)11-10-2-4-14-12(10)16-8-15-11/h2,4,7-8,17H,1,5-6H2,(H,14,15,16). The molecular weight excluding hydrogens is 228 g/mol. The van der Waals surface area contributed by atoms with E-state index in [1.165, 1.54) is 0 Å². The third-order valence-electron chi connectivity index (χ3n) is 2.91. The van der Waals surface area contributed by atoms with Crippen LogP contribution in [0, 0.1) is 11.3 Å². The summed E-state index contributed by atoms with van der Waals surface area (Å²) in [4.78, 5) is 11.6. The van der Waals surface area contributed by atoms with E-state index in [1.807, 2.05) is 23.5 Å². The van der Waals surface area contributed by atoms with E-state index in [1.54, 1.807) is 6.33 Å². The van der Waals surface area contributed by atoms with Crippen LogP contribution in [0.5, 0.6) is 0 Å². The number of aromatic amines is 1. The minimum Gasteiger partial charge on any atom is -0.346 e. The monoisotopic (exact) mass is 240 g/mol. The lowest BCUT2D eigenvalue weighted by molar-refractivity contribution is 0.314. The van der Waals surface area contributed by atoms with Gasteiger partial charge in [0.25, 0.3) is 0 Å². The van der Waals surface area contributed by atoms with Crippen LogP contribution in [0.1, 0.15) is 12.1 Å². The molecule has 0 saturated heterocycles. The summed E-state index contributed by atoms with van der Waals surface area (Å²) in [7, 11) is 0. The molecule has 2 N–H and O–H groups in total. The van der Waals surface area contributed by atoms with Crippen molar-refractivity contribution in [2.24, 2.45) is 0 Å². The van der Waals surface area contributed by atoms with Crippen molar-refractivity contribution in [1.29, 1.82) is 5.26 Å². The Bertz CT molecular complexity index is 635. The largest absolute Gasteiger partial charge is 0.346 e. The average Bonchev–Trinajstić information content (AvgIpc) is 3.04. The van der Waals surface area contributed by atoms with E-state index in [4.69, 9.17) is 5.26 Å². The normalized spacial score (nSPS) is 14.8. The summed E-state index contributed by atoms with van der Waals surface area (Å²) in [5.41, 5.74) is 6.11. The number of hydrogen-bond donors (Lipinski definition) is 2. The van der Waals surface area contributed by atoms with Crippen LogP contribution in [0.2, 0.25) is 0 Å². The van der Waals surface area contributed by atoms with Crippen molar-refractivity contribution in [2.45, 2.75) is 6.42 Å². The number of hydrogen-bond acceptors (Lipinski definition) is 5. The van der Waals surface area contributed by atoms with Crippen molar-refractivity contribution in [2.75, 3.05) is 13.1 Å². The summed E-state index contributed by atoms with van der Waals surface area (Å²) in [6, 6.07) is 4.11. The van der Waals surface area contributed by atoms with Gasteiger partial charge in [-0.3, -0.25) is 0 Å². The molecule has 1 aliphatic rings. The fraction of sp³-hybridized carbons (Fsp3) is 0.250. The zero-order chi connectivity index (χ0) is 12.4. The van der Waals surface area contributed by atoms with Crippen molar-refractivity contribution in [3.8, 4) is 6.07 Å². The summed E-state index contributed by atoms with van der Waals surface area (Å²) in [6.45, 7) is 1.41. The molecule has 6 nitrogen and oxygen atoms in total. The van der Waals surface area contributed by atoms with Gasteiger partial charge in [-0.05, 0) is 6.07 Å². The van der Waals surface area contributed by atoms with E-state index >= 15 is 0 Å². The van der Waals surface area contributed by atoms with Gasteiger partial charge in [-0.25, -0.2) is 15.4 Å². The number of aromatic nitrogens is 3. The van der Waals surface area contributed by atoms with Crippen molar-refractivity contribution in [1.82, 2.24) is 25.4 Å². The number of rotatable bonds is 3. The molecular formula is C12H12N6. The number of H-pyrrole nitrogens is 1. The van der Waals surface area contributed by atoms with Gasteiger partial charge in [-0.1, -0.05) is 0 Å². The van der Waals surface area contributed by atoms with Gasteiger partial charge in [0.05, 0.1) is 18.2 Å². The molecule has 2 aromatic heterocycles. The van der Waals surface area contributed by atoms with E-state index in [-0.39, 0.29) is 0 Å². The summed E-state index contributed by atoms with van der Waals surface area (Å²) in [5, 5.41) is 11.5. The Morgan fingerprint density at radius 1 is 1.44 bits per heavy atom. The third-order valence-corrected chi connectivity index (χ3v) is 2.91. The molecule has 1 aliphatic heterocycles. The predicted molar refractivity (Wildman–Crippen MR) is 66.8 cm³/mol. The molecule has 0 unspecified atom stereocenters. The van der Waals surface area contributed by atoms with Crippen molar-refractivity contribution in [3.63, 3.8) is 0 Å². The minimum atomic E-state index is 0.500. The Morgan fingerprint density at radius 2 is 2.39 bits per heavy atom. The van der Waals surface area contributed by atoms with Gasteiger partial charge in [0.15, 0.2) is 0 Å². The third kappa shape index (κ3) is 1.81. The molecule has 18 heavy (non-hydrogen) atoms. The summed E-state index contributed by atoms with van der Waals surface area (Å²) in [5.74, 6) is 0. The van der Waals surface area contributed by atoms with Crippen LogP contribution in [0.3, 0.4) is 0 Å². The SMILES string of the molecule is N#CCCN1C=C(c2ncnc3[nH]ccc23)CN1.